The number of nitrogens with zero attached hydrogens (tertiary/aromatic N) is 2. The second-order valence-electron chi connectivity index (χ2n) is 6.61. The van der Waals surface area contributed by atoms with Gasteiger partial charge in [-0.1, -0.05) is 35.9 Å². The van der Waals surface area contributed by atoms with E-state index >= 15 is 0 Å². The van der Waals surface area contributed by atoms with Crippen molar-refractivity contribution in [2.75, 3.05) is 11.1 Å². The summed E-state index contributed by atoms with van der Waals surface area (Å²) in [6, 6.07) is 14.2. The Labute approximate surface area is 167 Å². The Bertz CT molecular complexity index is 1160. The second kappa shape index (κ2) is 7.44. The van der Waals surface area contributed by atoms with E-state index in [1.54, 1.807) is 30.7 Å². The van der Waals surface area contributed by atoms with Crippen molar-refractivity contribution in [3.8, 4) is 11.1 Å². The maximum Gasteiger partial charge on any atom is 0.128 e. The third-order valence-electron chi connectivity index (χ3n) is 4.65. The lowest BCUT2D eigenvalue weighted by Gasteiger charge is -2.19. The Morgan fingerprint density at radius 2 is 1.86 bits per heavy atom. The van der Waals surface area contributed by atoms with Gasteiger partial charge in [-0.2, -0.15) is 0 Å². The lowest BCUT2D eigenvalue weighted by Crippen LogP contribution is -2.10. The van der Waals surface area contributed by atoms with Crippen LogP contribution in [0.4, 0.5) is 15.8 Å². The molecule has 3 N–H and O–H groups in total. The minimum atomic E-state index is -0.322. The molecule has 0 saturated carbocycles. The molecule has 0 unspecified atom stereocenters. The zero-order valence-corrected chi connectivity index (χ0v) is 15.9. The highest BCUT2D eigenvalue weighted by Gasteiger charge is 2.16. The Hall–Kier alpha value is -3.18. The van der Waals surface area contributed by atoms with Crippen LogP contribution in [-0.2, 0) is 0 Å². The van der Waals surface area contributed by atoms with Crippen molar-refractivity contribution in [2.24, 2.45) is 0 Å². The van der Waals surface area contributed by atoms with Gasteiger partial charge >= 0.3 is 0 Å². The van der Waals surface area contributed by atoms with Crippen LogP contribution in [0.2, 0.25) is 5.02 Å². The fraction of sp³-hybridized carbons (Fsp3) is 0.0909. The molecule has 2 heterocycles. The SMILES string of the molecule is C[C@@H](Nc1c(Cl)cnc2ccccc12)c1cc(-c2cncc(N)c2)ccc1F. The summed E-state index contributed by atoms with van der Waals surface area (Å²) in [6.07, 6.45) is 4.89. The van der Waals surface area contributed by atoms with Gasteiger partial charge in [-0.05, 0) is 36.8 Å². The molecule has 0 aliphatic heterocycles. The number of benzene rings is 2. The Kier molecular flexibility index (Phi) is 4.84. The van der Waals surface area contributed by atoms with Crippen molar-refractivity contribution in [1.82, 2.24) is 9.97 Å². The minimum Gasteiger partial charge on any atom is -0.397 e. The van der Waals surface area contributed by atoms with E-state index in [4.69, 9.17) is 17.3 Å². The first-order valence-corrected chi connectivity index (χ1v) is 9.21. The van der Waals surface area contributed by atoms with Gasteiger partial charge in [0.05, 0.1) is 28.0 Å². The fourth-order valence-corrected chi connectivity index (χ4v) is 3.43. The molecule has 28 heavy (non-hydrogen) atoms. The van der Waals surface area contributed by atoms with Crippen LogP contribution in [0, 0.1) is 5.82 Å². The standard InChI is InChI=1S/C22H18ClFN4/c1-13(28-22-17-4-2-3-5-21(17)27-12-19(22)23)18-9-14(6-7-20(18)24)15-8-16(25)11-26-10-15/h2-13H,25H2,1H3,(H,27,28)/t13-/m1/s1. The number of anilines is 2. The van der Waals surface area contributed by atoms with Gasteiger partial charge in [0.15, 0.2) is 0 Å². The van der Waals surface area contributed by atoms with Crippen molar-refractivity contribution in [2.45, 2.75) is 13.0 Å². The molecular formula is C22H18ClFN4. The maximum atomic E-state index is 14.6. The average Bonchev–Trinajstić information content (AvgIpc) is 2.70. The molecule has 6 heteroatoms. The molecule has 140 valence electrons. The second-order valence-corrected chi connectivity index (χ2v) is 7.01. The molecule has 0 radical (unpaired) electrons. The predicted octanol–water partition coefficient (Wildman–Crippen LogP) is 5.84. The van der Waals surface area contributed by atoms with Crippen LogP contribution in [0.25, 0.3) is 22.0 Å². The predicted molar refractivity (Wildman–Crippen MR) is 113 cm³/mol. The summed E-state index contributed by atoms with van der Waals surface area (Å²) in [6.45, 7) is 1.89. The quantitative estimate of drug-likeness (QED) is 0.457. The molecule has 0 amide bonds. The largest absolute Gasteiger partial charge is 0.397 e. The molecule has 2 aromatic carbocycles. The molecule has 4 rings (SSSR count). The number of nitrogen functional groups attached to an aromatic ring is 1. The third kappa shape index (κ3) is 3.49. The molecule has 1 atom stereocenters. The summed E-state index contributed by atoms with van der Waals surface area (Å²) in [5, 5.41) is 4.72. The minimum absolute atomic E-state index is 0.296. The van der Waals surface area contributed by atoms with Gasteiger partial charge in [-0.25, -0.2) is 4.39 Å². The van der Waals surface area contributed by atoms with Gasteiger partial charge in [-0.15, -0.1) is 0 Å². The van der Waals surface area contributed by atoms with Crippen molar-refractivity contribution in [3.05, 3.63) is 83.5 Å². The zero-order chi connectivity index (χ0) is 19.7. The number of fused-ring (bicyclic) bond motifs is 1. The molecule has 2 aromatic heterocycles. The van der Waals surface area contributed by atoms with E-state index in [-0.39, 0.29) is 11.9 Å². The number of nitrogens with two attached hydrogens (primary N) is 1. The van der Waals surface area contributed by atoms with Crippen LogP contribution in [0.15, 0.2) is 67.1 Å². The van der Waals surface area contributed by atoms with Crippen LogP contribution in [0.3, 0.4) is 0 Å². The average molecular weight is 393 g/mol. The molecule has 0 saturated heterocycles. The Morgan fingerprint density at radius 3 is 2.68 bits per heavy atom. The van der Waals surface area contributed by atoms with Crippen molar-refractivity contribution < 1.29 is 4.39 Å². The number of nitrogens with one attached hydrogen (secondary N) is 1. The van der Waals surface area contributed by atoms with Crippen molar-refractivity contribution >= 4 is 33.9 Å². The highest BCUT2D eigenvalue weighted by molar-refractivity contribution is 6.34. The van der Waals surface area contributed by atoms with E-state index in [1.807, 2.05) is 37.3 Å². The number of hydrogen-bond acceptors (Lipinski definition) is 4. The van der Waals surface area contributed by atoms with Crippen molar-refractivity contribution in [3.63, 3.8) is 0 Å². The van der Waals surface area contributed by atoms with E-state index in [1.165, 1.54) is 6.07 Å². The van der Waals surface area contributed by atoms with E-state index in [0.717, 1.165) is 27.7 Å². The first-order valence-electron chi connectivity index (χ1n) is 8.83. The van der Waals surface area contributed by atoms with Crippen LogP contribution in [-0.4, -0.2) is 9.97 Å². The monoisotopic (exact) mass is 392 g/mol. The summed E-state index contributed by atoms with van der Waals surface area (Å²) in [5.74, 6) is -0.296. The normalized spacial score (nSPS) is 12.1. The van der Waals surface area contributed by atoms with Gasteiger partial charge in [0, 0.05) is 35.1 Å². The van der Waals surface area contributed by atoms with Gasteiger partial charge in [0.25, 0.3) is 0 Å². The van der Waals surface area contributed by atoms with E-state index in [9.17, 15) is 4.39 Å². The van der Waals surface area contributed by atoms with E-state index < -0.39 is 0 Å². The number of rotatable bonds is 4. The first-order chi connectivity index (χ1) is 13.5. The molecule has 0 bridgehead atoms. The highest BCUT2D eigenvalue weighted by atomic mass is 35.5. The molecule has 0 aliphatic carbocycles. The Morgan fingerprint density at radius 1 is 1.04 bits per heavy atom. The maximum absolute atomic E-state index is 14.6. The summed E-state index contributed by atoms with van der Waals surface area (Å²) < 4.78 is 14.6. The highest BCUT2D eigenvalue weighted by Crippen LogP contribution is 2.34. The lowest BCUT2D eigenvalue weighted by atomic mass is 10.00. The van der Waals surface area contributed by atoms with Gasteiger partial charge in [0.2, 0.25) is 0 Å². The molecule has 0 spiro atoms. The summed E-state index contributed by atoms with van der Waals surface area (Å²) in [4.78, 5) is 8.45. The lowest BCUT2D eigenvalue weighted by molar-refractivity contribution is 0.600. The number of pyridine rings is 2. The molecule has 0 fully saturated rings. The summed E-state index contributed by atoms with van der Waals surface area (Å²) in [5.41, 5.74) is 10.1. The number of halogens is 2. The fourth-order valence-electron chi connectivity index (χ4n) is 3.23. The van der Waals surface area contributed by atoms with Crippen molar-refractivity contribution in [1.29, 1.82) is 0 Å². The number of hydrogen-bond donors (Lipinski definition) is 2. The van der Waals surface area contributed by atoms with Crippen LogP contribution in [0.1, 0.15) is 18.5 Å². The summed E-state index contributed by atoms with van der Waals surface area (Å²) >= 11 is 6.38. The third-order valence-corrected chi connectivity index (χ3v) is 4.93. The smallest absolute Gasteiger partial charge is 0.128 e. The zero-order valence-electron chi connectivity index (χ0n) is 15.2. The molecule has 0 aliphatic rings. The summed E-state index contributed by atoms with van der Waals surface area (Å²) in [7, 11) is 0. The molecule has 4 aromatic rings. The van der Waals surface area contributed by atoms with Crippen LogP contribution < -0.4 is 11.1 Å². The van der Waals surface area contributed by atoms with Gasteiger partial charge in [-0.3, -0.25) is 9.97 Å². The number of aromatic nitrogens is 2. The van der Waals surface area contributed by atoms with E-state index in [0.29, 0.717) is 16.3 Å². The molecule has 4 nitrogen and oxygen atoms in total. The van der Waals surface area contributed by atoms with Gasteiger partial charge in [0.1, 0.15) is 5.82 Å². The van der Waals surface area contributed by atoms with Gasteiger partial charge < -0.3 is 11.1 Å². The van der Waals surface area contributed by atoms with E-state index in [2.05, 4.69) is 15.3 Å². The first kappa shape index (κ1) is 18.2. The van der Waals surface area contributed by atoms with Crippen LogP contribution >= 0.6 is 11.6 Å². The number of para-hydroxylation sites is 1. The van der Waals surface area contributed by atoms with Crippen LogP contribution in [0.5, 0.6) is 0 Å². The molecular weight excluding hydrogens is 375 g/mol. The Balaban J connectivity index is 1.72. The topological polar surface area (TPSA) is 63.8 Å².